The Balaban J connectivity index is 1.48. The molecular weight excluding hydrogens is 288 g/mol. The van der Waals surface area contributed by atoms with Crippen LogP contribution in [0.15, 0.2) is 59.8 Å². The zero-order valence-electron chi connectivity index (χ0n) is 13.0. The molecule has 0 unspecified atom stereocenters. The van der Waals surface area contributed by atoms with Crippen LogP contribution in [0.5, 0.6) is 0 Å². The number of likely N-dealkylation sites (tertiary alicyclic amines) is 1. The van der Waals surface area contributed by atoms with Gasteiger partial charge in [0.25, 0.3) is 5.91 Å². The molecule has 2 aromatic rings. The van der Waals surface area contributed by atoms with Crippen molar-refractivity contribution in [3.05, 3.63) is 66.0 Å². The Labute approximate surface area is 136 Å². The lowest BCUT2D eigenvalue weighted by Gasteiger charge is -2.24. The first-order chi connectivity index (χ1) is 11.3. The van der Waals surface area contributed by atoms with Gasteiger partial charge in [0.2, 0.25) is 0 Å². The van der Waals surface area contributed by atoms with E-state index in [0.29, 0.717) is 5.69 Å². The van der Waals surface area contributed by atoms with Crippen molar-refractivity contribution >= 4 is 11.6 Å². The van der Waals surface area contributed by atoms with E-state index >= 15 is 0 Å². The van der Waals surface area contributed by atoms with Crippen LogP contribution in [0, 0.1) is 0 Å². The van der Waals surface area contributed by atoms with Crippen LogP contribution in [0.4, 0.5) is 0 Å². The van der Waals surface area contributed by atoms with Gasteiger partial charge in [-0.25, -0.2) is 5.43 Å². The number of carbonyl (C=O) groups is 1. The van der Waals surface area contributed by atoms with Crippen molar-refractivity contribution in [3.63, 3.8) is 0 Å². The fourth-order valence-electron chi connectivity index (χ4n) is 2.75. The number of benzene rings is 1. The number of aromatic nitrogens is 1. The van der Waals surface area contributed by atoms with Gasteiger partial charge in [-0.05, 0) is 12.1 Å². The average Bonchev–Trinajstić information content (AvgIpc) is 2.62. The molecule has 3 rings (SSSR count). The highest BCUT2D eigenvalue weighted by Gasteiger charge is 2.18. The fourth-order valence-corrected chi connectivity index (χ4v) is 2.75. The minimum absolute atomic E-state index is 0.253. The molecule has 1 aliphatic heterocycles. The SMILES string of the molecule is O=C(NN=C1CC[NH+](Cc2ccccc2)CC1)c1ccccn1. The van der Waals surface area contributed by atoms with Crippen molar-refractivity contribution in [2.45, 2.75) is 19.4 Å². The van der Waals surface area contributed by atoms with Gasteiger partial charge in [-0.15, -0.1) is 0 Å². The third kappa shape index (κ3) is 4.47. The summed E-state index contributed by atoms with van der Waals surface area (Å²) in [5.74, 6) is -0.253. The molecule has 5 heteroatoms. The van der Waals surface area contributed by atoms with Crippen LogP contribution in [0.1, 0.15) is 28.9 Å². The molecule has 2 N–H and O–H groups in total. The Morgan fingerprint density at radius 1 is 1.09 bits per heavy atom. The smallest absolute Gasteiger partial charge is 0.289 e. The number of piperidine rings is 1. The minimum Gasteiger partial charge on any atom is -0.331 e. The molecule has 0 spiro atoms. The van der Waals surface area contributed by atoms with E-state index < -0.39 is 0 Å². The number of hydrogen-bond acceptors (Lipinski definition) is 3. The molecule has 2 heterocycles. The van der Waals surface area contributed by atoms with Gasteiger partial charge in [-0.3, -0.25) is 9.78 Å². The van der Waals surface area contributed by atoms with Crippen LogP contribution in [-0.4, -0.2) is 29.7 Å². The van der Waals surface area contributed by atoms with E-state index in [2.05, 4.69) is 39.8 Å². The van der Waals surface area contributed by atoms with E-state index in [4.69, 9.17) is 0 Å². The highest BCUT2D eigenvalue weighted by atomic mass is 16.2. The summed E-state index contributed by atoms with van der Waals surface area (Å²) in [5.41, 5.74) is 5.43. The molecule has 0 aliphatic carbocycles. The summed E-state index contributed by atoms with van der Waals surface area (Å²) in [6, 6.07) is 15.8. The molecule has 1 saturated heterocycles. The quantitative estimate of drug-likeness (QED) is 0.829. The number of nitrogens with zero attached hydrogens (tertiary/aromatic N) is 2. The zero-order valence-corrected chi connectivity index (χ0v) is 13.0. The van der Waals surface area contributed by atoms with Crippen molar-refractivity contribution in [1.29, 1.82) is 0 Å². The van der Waals surface area contributed by atoms with Crippen molar-refractivity contribution in [3.8, 4) is 0 Å². The molecule has 1 fully saturated rings. The second-order valence-electron chi connectivity index (χ2n) is 5.75. The molecule has 23 heavy (non-hydrogen) atoms. The highest BCUT2D eigenvalue weighted by molar-refractivity contribution is 5.93. The van der Waals surface area contributed by atoms with Crippen LogP contribution in [0.2, 0.25) is 0 Å². The lowest BCUT2D eigenvalue weighted by Crippen LogP contribution is -3.11. The Morgan fingerprint density at radius 3 is 2.52 bits per heavy atom. The summed E-state index contributed by atoms with van der Waals surface area (Å²) in [4.78, 5) is 17.5. The molecule has 0 saturated carbocycles. The fraction of sp³-hybridized carbons (Fsp3) is 0.278. The Morgan fingerprint density at radius 2 is 1.83 bits per heavy atom. The second-order valence-corrected chi connectivity index (χ2v) is 5.75. The summed E-state index contributed by atoms with van der Waals surface area (Å²) >= 11 is 0. The van der Waals surface area contributed by atoms with Gasteiger partial charge in [-0.2, -0.15) is 5.10 Å². The van der Waals surface area contributed by atoms with E-state index in [1.807, 2.05) is 6.07 Å². The topological polar surface area (TPSA) is 58.8 Å². The monoisotopic (exact) mass is 309 g/mol. The van der Waals surface area contributed by atoms with Gasteiger partial charge in [-0.1, -0.05) is 36.4 Å². The molecule has 1 aromatic carbocycles. The number of amides is 1. The lowest BCUT2D eigenvalue weighted by atomic mass is 10.1. The molecule has 1 aromatic heterocycles. The van der Waals surface area contributed by atoms with Crippen molar-refractivity contribution in [2.75, 3.05) is 13.1 Å². The van der Waals surface area contributed by atoms with Crippen molar-refractivity contribution in [1.82, 2.24) is 10.4 Å². The predicted octanol–water partition coefficient (Wildman–Crippen LogP) is 1.05. The first-order valence-electron chi connectivity index (χ1n) is 7.95. The number of rotatable bonds is 4. The van der Waals surface area contributed by atoms with E-state index in [1.54, 1.807) is 29.3 Å². The normalized spacial score (nSPS) is 17.6. The van der Waals surface area contributed by atoms with Crippen LogP contribution in [0.25, 0.3) is 0 Å². The van der Waals surface area contributed by atoms with Crippen LogP contribution < -0.4 is 10.3 Å². The summed E-state index contributed by atoms with van der Waals surface area (Å²) in [5, 5.41) is 4.26. The first kappa shape index (κ1) is 15.4. The maximum absolute atomic E-state index is 11.9. The third-order valence-corrected chi connectivity index (χ3v) is 4.04. The average molecular weight is 309 g/mol. The third-order valence-electron chi connectivity index (χ3n) is 4.04. The maximum atomic E-state index is 11.9. The van der Waals surface area contributed by atoms with Gasteiger partial charge in [0.1, 0.15) is 12.2 Å². The molecule has 5 nitrogen and oxygen atoms in total. The minimum atomic E-state index is -0.253. The molecule has 118 valence electrons. The second kappa shape index (κ2) is 7.65. The molecule has 1 amide bonds. The van der Waals surface area contributed by atoms with Gasteiger partial charge >= 0.3 is 0 Å². The number of nitrogens with one attached hydrogen (secondary N) is 2. The lowest BCUT2D eigenvalue weighted by molar-refractivity contribution is -0.914. The van der Waals surface area contributed by atoms with Crippen LogP contribution in [-0.2, 0) is 6.54 Å². The zero-order chi connectivity index (χ0) is 15.9. The number of quaternary nitrogens is 1. The Kier molecular flexibility index (Phi) is 5.11. The van der Waals surface area contributed by atoms with Gasteiger partial charge in [0.15, 0.2) is 0 Å². The molecule has 0 bridgehead atoms. The van der Waals surface area contributed by atoms with Crippen LogP contribution in [0.3, 0.4) is 0 Å². The largest absolute Gasteiger partial charge is 0.331 e. The standard InChI is InChI=1S/C18H20N4O/c23-18(17-8-4-5-11-19-17)21-20-16-9-12-22(13-10-16)14-15-6-2-1-3-7-15/h1-8,11H,9-10,12-14H2,(H,21,23)/p+1. The van der Waals surface area contributed by atoms with E-state index in [0.717, 1.165) is 38.2 Å². The molecule has 0 radical (unpaired) electrons. The van der Waals surface area contributed by atoms with Gasteiger partial charge in [0.05, 0.1) is 13.1 Å². The van der Waals surface area contributed by atoms with Gasteiger partial charge < -0.3 is 4.90 Å². The van der Waals surface area contributed by atoms with Crippen molar-refractivity contribution < 1.29 is 9.69 Å². The Hall–Kier alpha value is -2.53. The number of carbonyl (C=O) groups excluding carboxylic acids is 1. The summed E-state index contributed by atoms with van der Waals surface area (Å²) in [7, 11) is 0. The molecule has 0 atom stereocenters. The number of pyridine rings is 1. The molecule has 1 aliphatic rings. The number of hydrogen-bond donors (Lipinski definition) is 2. The first-order valence-corrected chi connectivity index (χ1v) is 7.95. The Bertz CT molecular complexity index is 660. The predicted molar refractivity (Wildman–Crippen MR) is 89.2 cm³/mol. The highest BCUT2D eigenvalue weighted by Crippen LogP contribution is 1.99. The van der Waals surface area contributed by atoms with Gasteiger partial charge in [0, 0.05) is 30.3 Å². The van der Waals surface area contributed by atoms with E-state index in [9.17, 15) is 4.79 Å². The van der Waals surface area contributed by atoms with E-state index in [-0.39, 0.29) is 5.91 Å². The van der Waals surface area contributed by atoms with Crippen LogP contribution >= 0.6 is 0 Å². The summed E-state index contributed by atoms with van der Waals surface area (Å²) < 4.78 is 0. The maximum Gasteiger partial charge on any atom is 0.289 e. The van der Waals surface area contributed by atoms with Crippen molar-refractivity contribution in [2.24, 2.45) is 5.10 Å². The summed E-state index contributed by atoms with van der Waals surface area (Å²) in [6.07, 6.45) is 3.45. The number of hydrazone groups is 1. The molecular formula is C18H21N4O+. The summed E-state index contributed by atoms with van der Waals surface area (Å²) in [6.45, 7) is 3.15. The van der Waals surface area contributed by atoms with E-state index in [1.165, 1.54) is 5.56 Å².